The highest BCUT2D eigenvalue weighted by molar-refractivity contribution is 6.05. The summed E-state index contributed by atoms with van der Waals surface area (Å²) < 4.78 is 6.16. The largest absolute Gasteiger partial charge is 0.480 e. The van der Waals surface area contributed by atoms with Crippen molar-refractivity contribution in [1.82, 2.24) is 24.7 Å². The van der Waals surface area contributed by atoms with E-state index >= 15 is 0 Å². The number of rotatable bonds is 5. The molecule has 9 heteroatoms. The summed E-state index contributed by atoms with van der Waals surface area (Å²) in [6.07, 6.45) is 4.58. The van der Waals surface area contributed by atoms with E-state index in [1.54, 1.807) is 18.5 Å². The fourth-order valence-corrected chi connectivity index (χ4v) is 2.29. The molecule has 24 heavy (non-hydrogen) atoms. The van der Waals surface area contributed by atoms with Crippen LogP contribution in [-0.4, -0.2) is 48.7 Å². The van der Waals surface area contributed by atoms with Crippen LogP contribution >= 0.6 is 0 Å². The van der Waals surface area contributed by atoms with Gasteiger partial charge in [-0.25, -0.2) is 9.97 Å². The van der Waals surface area contributed by atoms with Gasteiger partial charge in [0, 0.05) is 30.3 Å². The summed E-state index contributed by atoms with van der Waals surface area (Å²) >= 11 is 0. The molecule has 0 bridgehead atoms. The van der Waals surface area contributed by atoms with Crippen molar-refractivity contribution >= 4 is 22.7 Å². The SMILES string of the molecule is COc1ncc(-c2cc3c(C(C)=O)nn(CC(=O)O)c3cn2)cn1. The minimum absolute atomic E-state index is 0.198. The first-order valence-corrected chi connectivity index (χ1v) is 6.95. The van der Waals surface area contributed by atoms with Gasteiger partial charge in [-0.15, -0.1) is 0 Å². The fraction of sp³-hybridized carbons (Fsp3) is 0.200. The van der Waals surface area contributed by atoms with Gasteiger partial charge in [0.25, 0.3) is 0 Å². The van der Waals surface area contributed by atoms with Crippen LogP contribution in [0.15, 0.2) is 24.7 Å². The maximum absolute atomic E-state index is 11.8. The molecule has 0 unspecified atom stereocenters. The molecule has 0 spiro atoms. The minimum Gasteiger partial charge on any atom is -0.480 e. The topological polar surface area (TPSA) is 120 Å². The van der Waals surface area contributed by atoms with Gasteiger partial charge in [-0.1, -0.05) is 0 Å². The van der Waals surface area contributed by atoms with Crippen molar-refractivity contribution in [3.63, 3.8) is 0 Å². The Morgan fingerprint density at radius 2 is 1.92 bits per heavy atom. The zero-order chi connectivity index (χ0) is 17.3. The normalized spacial score (nSPS) is 10.8. The van der Waals surface area contributed by atoms with Gasteiger partial charge in [0.1, 0.15) is 12.2 Å². The highest BCUT2D eigenvalue weighted by Gasteiger charge is 2.17. The zero-order valence-electron chi connectivity index (χ0n) is 12.9. The van der Waals surface area contributed by atoms with E-state index < -0.39 is 5.97 Å². The van der Waals surface area contributed by atoms with Crippen LogP contribution in [0.2, 0.25) is 0 Å². The third-order valence-corrected chi connectivity index (χ3v) is 3.36. The number of carboxylic acid groups (broad SMARTS) is 1. The van der Waals surface area contributed by atoms with E-state index in [1.165, 1.54) is 24.9 Å². The summed E-state index contributed by atoms with van der Waals surface area (Å²) in [5.74, 6) is -1.31. The number of carboxylic acids is 1. The number of ether oxygens (including phenoxy) is 1. The number of hydrogen-bond donors (Lipinski definition) is 1. The lowest BCUT2D eigenvalue weighted by molar-refractivity contribution is -0.137. The molecule has 0 saturated heterocycles. The first-order chi connectivity index (χ1) is 11.5. The molecular formula is C15H13N5O4. The quantitative estimate of drug-likeness (QED) is 0.694. The maximum atomic E-state index is 11.8. The molecule has 0 atom stereocenters. The predicted octanol–water partition coefficient (Wildman–Crippen LogP) is 1.18. The van der Waals surface area contributed by atoms with Gasteiger partial charge in [0.2, 0.25) is 0 Å². The summed E-state index contributed by atoms with van der Waals surface area (Å²) in [7, 11) is 1.47. The van der Waals surface area contributed by atoms with Crippen molar-refractivity contribution < 1.29 is 19.4 Å². The summed E-state index contributed by atoms with van der Waals surface area (Å²) in [6.45, 7) is 1.03. The number of hydrogen-bond acceptors (Lipinski definition) is 7. The monoisotopic (exact) mass is 327 g/mol. The number of carbonyl (C=O) groups excluding carboxylic acids is 1. The van der Waals surface area contributed by atoms with Gasteiger partial charge in [-0.05, 0) is 6.07 Å². The third kappa shape index (κ3) is 2.78. The average Bonchev–Trinajstić information content (AvgIpc) is 2.92. The summed E-state index contributed by atoms with van der Waals surface area (Å²) in [6, 6.07) is 1.90. The van der Waals surface area contributed by atoms with Crippen molar-refractivity contribution in [3.8, 4) is 17.3 Å². The van der Waals surface area contributed by atoms with E-state index in [0.29, 0.717) is 22.2 Å². The molecule has 0 aliphatic heterocycles. The van der Waals surface area contributed by atoms with Crippen molar-refractivity contribution in [2.24, 2.45) is 0 Å². The van der Waals surface area contributed by atoms with Crippen LogP contribution in [0.1, 0.15) is 17.4 Å². The number of nitrogens with zero attached hydrogens (tertiary/aromatic N) is 5. The molecule has 0 amide bonds. The number of fused-ring (bicyclic) bond motifs is 1. The number of aromatic nitrogens is 5. The van der Waals surface area contributed by atoms with Crippen molar-refractivity contribution in [3.05, 3.63) is 30.4 Å². The van der Waals surface area contributed by atoms with Crippen LogP contribution in [0.3, 0.4) is 0 Å². The average molecular weight is 327 g/mol. The van der Waals surface area contributed by atoms with E-state index in [-0.39, 0.29) is 24.0 Å². The molecule has 0 fully saturated rings. The highest BCUT2D eigenvalue weighted by atomic mass is 16.5. The number of carbonyl (C=O) groups is 2. The lowest BCUT2D eigenvalue weighted by Gasteiger charge is -2.03. The molecule has 9 nitrogen and oxygen atoms in total. The number of pyridine rings is 1. The molecule has 0 radical (unpaired) electrons. The Balaban J connectivity index is 2.13. The summed E-state index contributed by atoms with van der Waals surface area (Å²) in [4.78, 5) is 35.1. The molecule has 122 valence electrons. The standard InChI is InChI=1S/C15H13N5O4/c1-8(21)14-10-3-11(9-4-17-15(24-2)18-5-9)16-6-12(10)20(19-14)7-13(22)23/h3-6H,7H2,1-2H3,(H,22,23). The number of aliphatic carboxylic acids is 1. The van der Waals surface area contributed by atoms with Gasteiger partial charge < -0.3 is 9.84 Å². The second kappa shape index (κ2) is 6.03. The summed E-state index contributed by atoms with van der Waals surface area (Å²) in [5, 5.41) is 13.6. The van der Waals surface area contributed by atoms with E-state index in [4.69, 9.17) is 9.84 Å². The lowest BCUT2D eigenvalue weighted by atomic mass is 10.1. The molecule has 0 aliphatic rings. The van der Waals surface area contributed by atoms with E-state index in [0.717, 1.165) is 0 Å². The Labute approximate surface area is 135 Å². The molecule has 1 N–H and O–H groups in total. The first kappa shape index (κ1) is 15.5. The van der Waals surface area contributed by atoms with Crippen LogP contribution in [0, 0.1) is 0 Å². The molecule has 0 aliphatic carbocycles. The lowest BCUT2D eigenvalue weighted by Crippen LogP contribution is -2.10. The maximum Gasteiger partial charge on any atom is 0.325 e. The van der Waals surface area contributed by atoms with Crippen LogP contribution in [-0.2, 0) is 11.3 Å². The number of ketones is 1. The van der Waals surface area contributed by atoms with E-state index in [2.05, 4.69) is 20.1 Å². The van der Waals surface area contributed by atoms with Crippen molar-refractivity contribution in [1.29, 1.82) is 0 Å². The molecule has 0 aromatic carbocycles. The third-order valence-electron chi connectivity index (χ3n) is 3.36. The van der Waals surface area contributed by atoms with Gasteiger partial charge in [-0.3, -0.25) is 19.3 Å². The zero-order valence-corrected chi connectivity index (χ0v) is 12.9. The molecule has 3 heterocycles. The van der Waals surface area contributed by atoms with Crippen molar-refractivity contribution in [2.75, 3.05) is 7.11 Å². The molecule has 3 aromatic rings. The van der Waals surface area contributed by atoms with Crippen LogP contribution in [0.5, 0.6) is 6.01 Å². The van der Waals surface area contributed by atoms with Crippen molar-refractivity contribution in [2.45, 2.75) is 13.5 Å². The van der Waals surface area contributed by atoms with E-state index in [9.17, 15) is 9.59 Å². The Hall–Kier alpha value is -3.36. The van der Waals surface area contributed by atoms with Crippen LogP contribution in [0.4, 0.5) is 0 Å². The number of Topliss-reactive ketones (excluding diaryl/α,β-unsaturated/α-hetero) is 1. The summed E-state index contributed by atoms with van der Waals surface area (Å²) in [5.41, 5.74) is 1.85. The van der Waals surface area contributed by atoms with Gasteiger partial charge in [0.15, 0.2) is 5.78 Å². The second-order valence-electron chi connectivity index (χ2n) is 5.00. The molecule has 0 saturated carbocycles. The molecule has 3 aromatic heterocycles. The Kier molecular flexibility index (Phi) is 3.90. The van der Waals surface area contributed by atoms with E-state index in [1.807, 2.05) is 0 Å². The predicted molar refractivity (Wildman–Crippen MR) is 82.7 cm³/mol. The van der Waals surface area contributed by atoms with Gasteiger partial charge >= 0.3 is 12.0 Å². The Bertz CT molecular complexity index is 933. The Morgan fingerprint density at radius 1 is 1.21 bits per heavy atom. The van der Waals surface area contributed by atoms with Crippen LogP contribution in [0.25, 0.3) is 22.2 Å². The minimum atomic E-state index is -1.05. The molecular weight excluding hydrogens is 314 g/mol. The Morgan fingerprint density at radius 3 is 2.50 bits per heavy atom. The van der Waals surface area contributed by atoms with Crippen LogP contribution < -0.4 is 4.74 Å². The number of methoxy groups -OCH3 is 1. The highest BCUT2D eigenvalue weighted by Crippen LogP contribution is 2.24. The fourth-order valence-electron chi connectivity index (χ4n) is 2.29. The smallest absolute Gasteiger partial charge is 0.325 e. The van der Waals surface area contributed by atoms with Gasteiger partial charge in [-0.2, -0.15) is 5.10 Å². The first-order valence-electron chi connectivity index (χ1n) is 6.95. The van der Waals surface area contributed by atoms with Gasteiger partial charge in [0.05, 0.1) is 24.5 Å². The second-order valence-corrected chi connectivity index (χ2v) is 5.00. The molecule has 3 rings (SSSR count).